The number of pyridine rings is 4. The molecule has 92 heavy (non-hydrogen) atoms. The van der Waals surface area contributed by atoms with Gasteiger partial charge in [0.05, 0.1) is 80.0 Å². The smallest absolute Gasteiger partial charge is 0.870 e. The largest absolute Gasteiger partial charge is 1.00 e. The van der Waals surface area contributed by atoms with Crippen molar-refractivity contribution in [3.8, 4) is 34.4 Å². The number of carbonyl (C=O) groups is 4. The van der Waals surface area contributed by atoms with Crippen molar-refractivity contribution in [3.63, 3.8) is 0 Å². The second kappa shape index (κ2) is 39.5. The van der Waals surface area contributed by atoms with Crippen molar-refractivity contribution < 1.29 is 120 Å². The molecule has 12 aromatic rings. The Morgan fingerprint density at radius 3 is 1.26 bits per heavy atom. The Kier molecular flexibility index (Phi) is 34.8. The fourth-order valence-electron chi connectivity index (χ4n) is 8.62. The van der Waals surface area contributed by atoms with E-state index in [0.29, 0.717) is 17.5 Å². The zero-order chi connectivity index (χ0) is 63.5. The first-order valence-corrected chi connectivity index (χ1v) is 34.1. The van der Waals surface area contributed by atoms with Crippen LogP contribution in [0.3, 0.4) is 0 Å². The van der Waals surface area contributed by atoms with Gasteiger partial charge in [-0.15, -0.1) is 50.9 Å². The number of aldehydes is 1. The average Bonchev–Trinajstić information content (AvgIpc) is 1.43. The summed E-state index contributed by atoms with van der Waals surface area (Å²) in [7, 11) is 2.79. The molecule has 0 saturated heterocycles. The topological polar surface area (TPSA) is 291 Å². The molecule has 0 bridgehead atoms. The molecule has 4 aromatic carbocycles. The summed E-state index contributed by atoms with van der Waals surface area (Å²) in [5.74, 6) is -1.31. The van der Waals surface area contributed by atoms with Gasteiger partial charge < -0.3 is 30.6 Å². The number of hydrogen-bond acceptors (Lipinski definition) is 20. The summed E-state index contributed by atoms with van der Waals surface area (Å²) >= 11 is 16.6. The molecule has 0 unspecified atom stereocenters. The van der Waals surface area contributed by atoms with Crippen molar-refractivity contribution >= 4 is 187 Å². The fraction of sp³-hybridized carbons (Fsp3) is 0.182. The van der Waals surface area contributed by atoms with Gasteiger partial charge in [-0.3, -0.25) is 39.1 Å². The van der Waals surface area contributed by atoms with Crippen molar-refractivity contribution in [2.75, 3.05) is 31.8 Å². The Balaban J connectivity index is 0.000000310. The van der Waals surface area contributed by atoms with E-state index >= 15 is 0 Å². The minimum atomic E-state index is -0.843. The maximum atomic E-state index is 11.6. The number of methoxy groups -OCH3 is 2. The molecular weight excluding hydrogens is 1440 g/mol. The van der Waals surface area contributed by atoms with Crippen LogP contribution in [0.1, 0.15) is 56.2 Å². The quantitative estimate of drug-likeness (QED) is 0.0545. The van der Waals surface area contributed by atoms with E-state index in [-0.39, 0.29) is 106 Å². The van der Waals surface area contributed by atoms with Crippen LogP contribution in [-0.2, 0) is 43.1 Å². The Labute approximate surface area is 627 Å². The van der Waals surface area contributed by atoms with Crippen molar-refractivity contribution in [1.82, 2.24) is 19.9 Å². The fourth-order valence-corrected chi connectivity index (χ4v) is 14.9. The van der Waals surface area contributed by atoms with Crippen LogP contribution in [0.2, 0.25) is 0 Å². The Morgan fingerprint density at radius 2 is 0.924 bits per heavy atom. The number of aromatic nitrogens is 4. The minimum absolute atomic E-state index is 0. The first kappa shape index (κ1) is 80.9. The number of carboxylic acids is 1. The third-order valence-corrected chi connectivity index (χ3v) is 20.5. The van der Waals surface area contributed by atoms with Gasteiger partial charge in [0.2, 0.25) is 0 Å². The van der Waals surface area contributed by atoms with Gasteiger partial charge in [-0.2, -0.15) is 34.0 Å². The maximum absolute atomic E-state index is 11.6. The molecule has 0 aliphatic rings. The molecule has 0 radical (unpaired) electrons. The van der Waals surface area contributed by atoms with Gasteiger partial charge in [0.1, 0.15) is 0 Å². The summed E-state index contributed by atoms with van der Waals surface area (Å²) in [6.07, 6.45) is 19.9. The summed E-state index contributed by atoms with van der Waals surface area (Å²) in [4.78, 5) is 64.4. The van der Waals surface area contributed by atoms with E-state index < -0.39 is 11.6 Å². The number of nitrogens with zero attached hydrogens (tertiary/aromatic N) is 6. The third kappa shape index (κ3) is 22.4. The number of benzene rings is 4. The molecule has 0 saturated carbocycles. The summed E-state index contributed by atoms with van der Waals surface area (Å²) < 4.78 is 15.6. The summed E-state index contributed by atoms with van der Waals surface area (Å²) in [6.45, 7) is 4.90. The van der Waals surface area contributed by atoms with Crippen LogP contribution >= 0.6 is 101 Å². The Hall–Kier alpha value is -5.33. The summed E-state index contributed by atoms with van der Waals surface area (Å²) in [5.41, 5.74) is 4.53. The second-order valence-corrected chi connectivity index (χ2v) is 28.0. The minimum Gasteiger partial charge on any atom is -0.870 e. The molecule has 0 fully saturated rings. The van der Waals surface area contributed by atoms with Crippen molar-refractivity contribution in [3.05, 3.63) is 186 Å². The van der Waals surface area contributed by atoms with Crippen molar-refractivity contribution in [2.45, 2.75) is 45.6 Å². The monoisotopic (exact) mass is 1490 g/mol. The number of ether oxygens (including phenoxy) is 2. The molecule has 0 aliphatic heterocycles. The SMILES string of the molecule is CC(C)(C)[O-].COC(=O)Cc1cc2cncc(-c3ccc(C#N)c4ccccc34)c2s1.COC(=O)Cc1cc2cncc(Br)c2s1.CSCSC.N#Cc1ccc(-c2cncc3cc(CC(=O)O)sc23)c2ccccc12.O.O=Cc1cc2cncc(Br)c2s1.[K+].[Li+].[OH-]. The summed E-state index contributed by atoms with van der Waals surface area (Å²) in [6, 6.07) is 35.4. The van der Waals surface area contributed by atoms with Crippen LogP contribution < -0.4 is 75.4 Å². The normalized spacial score (nSPS) is 10.2. The van der Waals surface area contributed by atoms with E-state index in [4.69, 9.17) is 9.84 Å². The predicted octanol–water partition coefficient (Wildman–Crippen LogP) is 9.79. The Bertz CT molecular complexity index is 4560. The van der Waals surface area contributed by atoms with Gasteiger partial charge in [0.25, 0.3) is 0 Å². The second-order valence-electron chi connectivity index (χ2n) is 19.7. The molecule has 26 heteroatoms. The number of hydrogen-bond donors (Lipinski definition) is 1. The van der Waals surface area contributed by atoms with E-state index in [2.05, 4.69) is 81.2 Å². The first-order chi connectivity index (χ1) is 42.3. The Morgan fingerprint density at radius 1 is 0.576 bits per heavy atom. The molecule has 0 atom stereocenters. The van der Waals surface area contributed by atoms with Crippen molar-refractivity contribution in [2.24, 2.45) is 0 Å². The molecule has 0 aliphatic carbocycles. The van der Waals surface area contributed by atoms with E-state index in [0.717, 1.165) is 119 Å². The molecule has 0 amide bonds. The predicted molar refractivity (Wildman–Crippen MR) is 375 cm³/mol. The van der Waals surface area contributed by atoms with Crippen LogP contribution in [0.25, 0.3) is 84.1 Å². The number of carbonyl (C=O) groups excluding carboxylic acids is 3. The van der Waals surface area contributed by atoms with Crippen LogP contribution in [0.4, 0.5) is 0 Å². The summed E-state index contributed by atoms with van der Waals surface area (Å²) in [5, 5.41) is 46.9. The maximum Gasteiger partial charge on any atom is 1.00 e. The number of esters is 2. The number of thioether (sulfide) groups is 2. The molecule has 16 nitrogen and oxygen atoms in total. The number of rotatable bonds is 11. The molecule has 8 aromatic heterocycles. The van der Waals surface area contributed by atoms with Crippen molar-refractivity contribution in [1.29, 1.82) is 10.5 Å². The number of halogens is 2. The van der Waals surface area contributed by atoms with Gasteiger partial charge in [0.15, 0.2) is 6.29 Å². The zero-order valence-electron chi connectivity index (χ0n) is 51.4. The number of carboxylic acid groups (broad SMARTS) is 1. The van der Waals surface area contributed by atoms with Gasteiger partial charge in [-0.1, -0.05) is 81.4 Å². The molecule has 0 spiro atoms. The van der Waals surface area contributed by atoms with Crippen LogP contribution in [0, 0.1) is 22.7 Å². The van der Waals surface area contributed by atoms with Gasteiger partial charge in [0, 0.05) is 122 Å². The van der Waals surface area contributed by atoms with Crippen LogP contribution in [-0.4, -0.2) is 97.6 Å². The molecule has 8 heterocycles. The molecular formula is C66H58Br2KLiN6O10S6. The van der Waals surface area contributed by atoms with E-state index in [1.807, 2.05) is 133 Å². The number of fused-ring (bicyclic) bond motifs is 6. The van der Waals surface area contributed by atoms with E-state index in [1.165, 1.54) is 42.0 Å². The standard InChI is InChI=1S/C21H14N2O2S.C20H12N2O2S.C10H8BrNO2S.C8H4BrNOS.C4H9O.C3H8S2.K.Li.2H2O/c1-25-20(24)9-15-8-14-11-23-12-19(21(14)26-15)18-7-6-13(10-22)16-4-2-3-5-17(16)18;21-9-12-5-6-17(16-4-2-1-3-15(12)16)18-11-22-10-13-7-14(8-19(23)24)25-20(13)18;1-14-9(13)3-7-2-6-4-12-5-8(11)10(6)15-7;9-7-3-10-2-5-1-6(4-11)12-8(5)7;1-4(2,3)5;1-4-3-5-2;;;;/h2-8,11-12H,9H2,1H3;1-7,10-11H,8H2,(H,23,24);2,4-5H,3H2,1H3;1-4H;1-3H3;3H2,1-2H3;;;2*1H2/q;;;;-1;;2*+1;;/p-1. The van der Waals surface area contributed by atoms with Crippen LogP contribution in [0.5, 0.6) is 0 Å². The number of nitriles is 2. The van der Waals surface area contributed by atoms with Crippen LogP contribution in [0.15, 0.2) is 156 Å². The van der Waals surface area contributed by atoms with E-state index in [1.54, 1.807) is 80.6 Å². The third-order valence-electron chi connectivity index (χ3n) is 12.2. The molecule has 4 N–H and O–H groups in total. The van der Waals surface area contributed by atoms with E-state index in [9.17, 15) is 34.8 Å². The molecule has 12 rings (SSSR count). The van der Waals surface area contributed by atoms with Gasteiger partial charge in [-0.05, 0) is 103 Å². The molecule has 464 valence electrons. The van der Waals surface area contributed by atoms with Gasteiger partial charge >= 0.3 is 88.2 Å². The first-order valence-electron chi connectivity index (χ1n) is 26.4. The number of aliphatic carboxylic acids is 1. The number of thiophene rings is 4. The average molecular weight is 1490 g/mol. The zero-order valence-corrected chi connectivity index (χ0v) is 62.6. The van der Waals surface area contributed by atoms with Gasteiger partial charge in [-0.25, -0.2) is 0 Å².